The average Bonchev–Trinajstić information content (AvgIpc) is 2.27. The van der Waals surface area contributed by atoms with Crippen LogP contribution in [-0.2, 0) is 14.3 Å². The smallest absolute Gasteiger partial charge is 0.397 e. The molecule has 1 amide bonds. The minimum absolute atomic E-state index is 0.179. The van der Waals surface area contributed by atoms with Gasteiger partial charge < -0.3 is 9.64 Å². The van der Waals surface area contributed by atoms with E-state index in [-0.39, 0.29) is 31.6 Å². The first-order chi connectivity index (χ1) is 8.33. The number of nitrogens with zero attached hydrogens (tertiary/aromatic N) is 1. The fourth-order valence-corrected chi connectivity index (χ4v) is 1.91. The van der Waals surface area contributed by atoms with Gasteiger partial charge in [0, 0.05) is 13.1 Å². The Morgan fingerprint density at radius 1 is 1.28 bits per heavy atom. The molecule has 0 aromatic carbocycles. The zero-order valence-electron chi connectivity index (χ0n) is 10.1. The summed E-state index contributed by atoms with van der Waals surface area (Å²) in [6.45, 7) is 2.34. The number of hydrogen-bond donors (Lipinski definition) is 0. The van der Waals surface area contributed by atoms with E-state index in [0.717, 1.165) is 4.90 Å². The lowest BCUT2D eigenvalue weighted by molar-refractivity contribution is -0.164. The van der Waals surface area contributed by atoms with Gasteiger partial charge in [0.1, 0.15) is 6.42 Å². The maximum absolute atomic E-state index is 12.0. The van der Waals surface area contributed by atoms with E-state index in [0.29, 0.717) is 12.8 Å². The van der Waals surface area contributed by atoms with Crippen LogP contribution in [0.15, 0.2) is 0 Å². The van der Waals surface area contributed by atoms with E-state index in [1.165, 1.54) is 0 Å². The normalized spacial score (nSPS) is 17.7. The van der Waals surface area contributed by atoms with Crippen LogP contribution in [0.1, 0.15) is 26.2 Å². The molecule has 1 saturated heterocycles. The van der Waals surface area contributed by atoms with Gasteiger partial charge in [-0.25, -0.2) is 0 Å². The molecule has 0 bridgehead atoms. The van der Waals surface area contributed by atoms with Gasteiger partial charge in [0.05, 0.1) is 12.5 Å². The van der Waals surface area contributed by atoms with Crippen LogP contribution >= 0.6 is 0 Å². The Labute approximate surface area is 103 Å². The van der Waals surface area contributed by atoms with Crippen molar-refractivity contribution in [1.29, 1.82) is 0 Å². The van der Waals surface area contributed by atoms with E-state index in [1.807, 2.05) is 0 Å². The molecule has 18 heavy (non-hydrogen) atoms. The van der Waals surface area contributed by atoms with E-state index in [1.54, 1.807) is 6.92 Å². The molecule has 1 rings (SSSR count). The van der Waals surface area contributed by atoms with E-state index in [9.17, 15) is 22.8 Å². The number of ether oxygens (including phenoxy) is 1. The van der Waals surface area contributed by atoms with Crippen LogP contribution in [0, 0.1) is 5.92 Å². The summed E-state index contributed by atoms with van der Waals surface area (Å²) < 4.78 is 41.0. The lowest BCUT2D eigenvalue weighted by Crippen LogP contribution is -2.42. The van der Waals surface area contributed by atoms with Crippen LogP contribution in [0.5, 0.6) is 0 Å². The molecule has 1 fully saturated rings. The van der Waals surface area contributed by atoms with E-state index in [2.05, 4.69) is 0 Å². The molecule has 0 aromatic heterocycles. The molecule has 0 radical (unpaired) electrons. The van der Waals surface area contributed by atoms with Crippen molar-refractivity contribution < 1.29 is 27.5 Å². The first-order valence-corrected chi connectivity index (χ1v) is 5.84. The number of carbonyl (C=O) groups is 2. The third kappa shape index (κ3) is 4.54. The van der Waals surface area contributed by atoms with Crippen LogP contribution in [0.2, 0.25) is 0 Å². The maximum Gasteiger partial charge on any atom is 0.397 e. The van der Waals surface area contributed by atoms with Crippen molar-refractivity contribution in [3.8, 4) is 0 Å². The summed E-state index contributed by atoms with van der Waals surface area (Å²) in [4.78, 5) is 23.9. The lowest BCUT2D eigenvalue weighted by Gasteiger charge is -2.31. The van der Waals surface area contributed by atoms with Gasteiger partial charge in [0.2, 0.25) is 5.91 Å². The number of piperidine rings is 1. The highest BCUT2D eigenvalue weighted by Gasteiger charge is 2.35. The quantitative estimate of drug-likeness (QED) is 0.732. The van der Waals surface area contributed by atoms with Gasteiger partial charge in [0.25, 0.3) is 0 Å². The van der Waals surface area contributed by atoms with Crippen molar-refractivity contribution in [2.24, 2.45) is 5.92 Å². The number of amides is 1. The first kappa shape index (κ1) is 14.8. The standard InChI is InChI=1S/C11H16F3NO3/c1-2-18-10(17)8-3-5-15(6-4-8)9(16)7-11(12,13)14/h8H,2-7H2,1H3. The van der Waals surface area contributed by atoms with Gasteiger partial charge in [-0.05, 0) is 19.8 Å². The van der Waals surface area contributed by atoms with Crippen molar-refractivity contribution in [3.63, 3.8) is 0 Å². The minimum atomic E-state index is -4.48. The number of carbonyl (C=O) groups excluding carboxylic acids is 2. The second kappa shape index (κ2) is 6.06. The summed E-state index contributed by atoms with van der Waals surface area (Å²) in [7, 11) is 0. The molecule has 0 aliphatic carbocycles. The first-order valence-electron chi connectivity index (χ1n) is 5.84. The lowest BCUT2D eigenvalue weighted by atomic mass is 9.97. The molecule has 0 aromatic rings. The average molecular weight is 267 g/mol. The van der Waals surface area contributed by atoms with Crippen LogP contribution in [-0.4, -0.2) is 42.6 Å². The number of halogens is 3. The molecular weight excluding hydrogens is 251 g/mol. The third-order valence-corrected chi connectivity index (χ3v) is 2.82. The Hall–Kier alpha value is -1.27. The zero-order valence-corrected chi connectivity index (χ0v) is 10.1. The van der Waals surface area contributed by atoms with Gasteiger partial charge in [-0.2, -0.15) is 13.2 Å². The number of likely N-dealkylation sites (tertiary alicyclic amines) is 1. The number of esters is 1. The second-order valence-corrected chi connectivity index (χ2v) is 4.20. The minimum Gasteiger partial charge on any atom is -0.466 e. The van der Waals surface area contributed by atoms with E-state index in [4.69, 9.17) is 4.74 Å². The Kier molecular flexibility index (Phi) is 4.98. The fraction of sp³-hybridized carbons (Fsp3) is 0.818. The predicted octanol–water partition coefficient (Wildman–Crippen LogP) is 1.74. The molecular formula is C11H16F3NO3. The van der Waals surface area contributed by atoms with E-state index >= 15 is 0 Å². The van der Waals surface area contributed by atoms with Crippen LogP contribution < -0.4 is 0 Å². The number of alkyl halides is 3. The summed E-state index contributed by atoms with van der Waals surface area (Å²) in [5.74, 6) is -1.56. The molecule has 1 heterocycles. The Bertz CT molecular complexity index is 309. The summed E-state index contributed by atoms with van der Waals surface area (Å²) >= 11 is 0. The molecule has 104 valence electrons. The van der Waals surface area contributed by atoms with Gasteiger partial charge in [0.15, 0.2) is 0 Å². The molecule has 0 spiro atoms. The maximum atomic E-state index is 12.0. The summed E-state index contributed by atoms with van der Waals surface area (Å²) in [6.07, 6.45) is -5.18. The highest BCUT2D eigenvalue weighted by molar-refractivity contribution is 5.78. The Morgan fingerprint density at radius 2 is 1.83 bits per heavy atom. The Morgan fingerprint density at radius 3 is 2.28 bits per heavy atom. The van der Waals surface area contributed by atoms with Crippen molar-refractivity contribution >= 4 is 11.9 Å². The molecule has 7 heteroatoms. The highest BCUT2D eigenvalue weighted by Crippen LogP contribution is 2.24. The van der Waals surface area contributed by atoms with Gasteiger partial charge in [-0.3, -0.25) is 9.59 Å². The Balaban J connectivity index is 2.39. The topological polar surface area (TPSA) is 46.6 Å². The van der Waals surface area contributed by atoms with Crippen molar-refractivity contribution in [1.82, 2.24) is 4.90 Å². The molecule has 0 saturated carbocycles. The largest absolute Gasteiger partial charge is 0.466 e. The van der Waals surface area contributed by atoms with Crippen molar-refractivity contribution in [2.45, 2.75) is 32.4 Å². The van der Waals surface area contributed by atoms with Crippen molar-refractivity contribution in [2.75, 3.05) is 19.7 Å². The molecule has 1 aliphatic rings. The molecule has 0 atom stereocenters. The number of hydrogen-bond acceptors (Lipinski definition) is 3. The van der Waals surface area contributed by atoms with Gasteiger partial charge >= 0.3 is 12.1 Å². The van der Waals surface area contributed by atoms with Crippen LogP contribution in [0.25, 0.3) is 0 Å². The summed E-state index contributed by atoms with van der Waals surface area (Å²) in [5.41, 5.74) is 0. The molecule has 4 nitrogen and oxygen atoms in total. The van der Waals surface area contributed by atoms with E-state index < -0.39 is 18.5 Å². The molecule has 0 N–H and O–H groups in total. The third-order valence-electron chi connectivity index (χ3n) is 2.82. The zero-order chi connectivity index (χ0) is 13.8. The molecule has 0 unspecified atom stereocenters. The van der Waals surface area contributed by atoms with Crippen molar-refractivity contribution in [3.05, 3.63) is 0 Å². The fourth-order valence-electron chi connectivity index (χ4n) is 1.91. The SMILES string of the molecule is CCOC(=O)C1CCN(C(=O)CC(F)(F)F)CC1. The highest BCUT2D eigenvalue weighted by atomic mass is 19.4. The predicted molar refractivity (Wildman–Crippen MR) is 56.6 cm³/mol. The van der Waals surface area contributed by atoms with Gasteiger partial charge in [-0.15, -0.1) is 0 Å². The second-order valence-electron chi connectivity index (χ2n) is 4.20. The summed E-state index contributed by atoms with van der Waals surface area (Å²) in [5, 5.41) is 0. The number of rotatable bonds is 3. The monoisotopic (exact) mass is 267 g/mol. The van der Waals surface area contributed by atoms with Crippen LogP contribution in [0.3, 0.4) is 0 Å². The van der Waals surface area contributed by atoms with Crippen LogP contribution in [0.4, 0.5) is 13.2 Å². The molecule has 1 aliphatic heterocycles. The summed E-state index contributed by atoms with van der Waals surface area (Å²) in [6, 6.07) is 0. The van der Waals surface area contributed by atoms with Gasteiger partial charge in [-0.1, -0.05) is 0 Å².